The summed E-state index contributed by atoms with van der Waals surface area (Å²) in [6, 6.07) is 12.5. The fourth-order valence-electron chi connectivity index (χ4n) is 3.98. The van der Waals surface area contributed by atoms with E-state index < -0.39 is 66.0 Å². The number of alkyl carbamates (subject to hydrolysis) is 1. The number of nitro benzene ring substituents is 4. The van der Waals surface area contributed by atoms with Gasteiger partial charge in [0.15, 0.2) is 0 Å². The minimum atomic E-state index is -0.765. The van der Waals surface area contributed by atoms with E-state index in [4.69, 9.17) is 4.74 Å². The van der Waals surface area contributed by atoms with Crippen molar-refractivity contribution < 1.29 is 38.8 Å². The first kappa shape index (κ1) is 36.8. The summed E-state index contributed by atoms with van der Waals surface area (Å²) in [4.78, 5) is 77.2. The lowest BCUT2D eigenvalue weighted by molar-refractivity contribution is -0.394. The Labute approximate surface area is 265 Å². The van der Waals surface area contributed by atoms with Gasteiger partial charge in [-0.3, -0.25) is 54.9 Å². The number of nitrogens with two attached hydrogens (primary N) is 1. The smallest absolute Gasteiger partial charge is 0.407 e. The monoisotopic (exact) mass is 655 g/mol. The van der Waals surface area contributed by atoms with Gasteiger partial charge in [-0.05, 0) is 51.1 Å². The lowest BCUT2D eigenvalue weighted by Crippen LogP contribution is -2.32. The summed E-state index contributed by atoms with van der Waals surface area (Å²) in [6.45, 7) is 4.66. The van der Waals surface area contributed by atoms with E-state index in [1.54, 1.807) is 32.9 Å². The normalized spacial score (nSPS) is 11.6. The van der Waals surface area contributed by atoms with Crippen molar-refractivity contribution in [3.63, 3.8) is 0 Å². The number of nitrogens with zero attached hydrogens (tertiary/aromatic N) is 5. The van der Waals surface area contributed by atoms with Crippen LogP contribution in [0.25, 0.3) is 0 Å². The highest BCUT2D eigenvalue weighted by atomic mass is 16.6. The number of nitro groups is 4. The molecular weight excluding hydrogens is 626 g/mol. The summed E-state index contributed by atoms with van der Waals surface area (Å²) in [5, 5.41) is 45.6. The molecule has 3 N–H and O–H groups in total. The number of benzene rings is 3. The maximum Gasteiger partial charge on any atom is 0.407 e. The van der Waals surface area contributed by atoms with Gasteiger partial charge < -0.3 is 15.8 Å². The minimum Gasteiger partial charge on any atom is -0.444 e. The average Bonchev–Trinajstić information content (AvgIpc) is 3.25. The van der Waals surface area contributed by atoms with E-state index >= 15 is 0 Å². The summed E-state index contributed by atoms with van der Waals surface area (Å²) in [5.74, 6) is -1.07. The van der Waals surface area contributed by atoms with Crippen LogP contribution in [0.15, 0.2) is 60.7 Å². The van der Waals surface area contributed by atoms with Crippen LogP contribution in [0.2, 0.25) is 0 Å². The summed E-state index contributed by atoms with van der Waals surface area (Å²) in [5.41, 5.74) is 2.89. The van der Waals surface area contributed by atoms with Crippen molar-refractivity contribution in [1.29, 1.82) is 0 Å². The number of non-ortho nitro benzene ring substituents is 4. The van der Waals surface area contributed by atoms with Crippen LogP contribution in [-0.4, -0.2) is 55.1 Å². The molecule has 0 aliphatic carbocycles. The van der Waals surface area contributed by atoms with E-state index in [9.17, 15) is 54.8 Å². The molecule has 0 unspecified atom stereocenters. The second-order valence-electron chi connectivity index (χ2n) is 10.3. The highest BCUT2D eigenvalue weighted by Crippen LogP contribution is 2.28. The fourth-order valence-corrected chi connectivity index (χ4v) is 3.98. The molecular formula is C28H29N7O12. The van der Waals surface area contributed by atoms with Crippen molar-refractivity contribution in [2.75, 3.05) is 7.05 Å². The van der Waals surface area contributed by atoms with Crippen molar-refractivity contribution in [2.24, 2.45) is 5.73 Å². The predicted molar refractivity (Wildman–Crippen MR) is 163 cm³/mol. The van der Waals surface area contributed by atoms with Gasteiger partial charge in [-0.2, -0.15) is 0 Å². The van der Waals surface area contributed by atoms with Crippen molar-refractivity contribution in [3.05, 3.63) is 123 Å². The number of nitrogens with one attached hydrogen (secondary N) is 1. The van der Waals surface area contributed by atoms with Crippen LogP contribution in [-0.2, 0) is 17.8 Å². The Morgan fingerprint density at radius 3 is 1.43 bits per heavy atom. The first-order valence-corrected chi connectivity index (χ1v) is 13.3. The number of rotatable bonds is 8. The van der Waals surface area contributed by atoms with Gasteiger partial charge in [0.2, 0.25) is 0 Å². The van der Waals surface area contributed by atoms with E-state index in [0.717, 1.165) is 41.3 Å². The lowest BCUT2D eigenvalue weighted by atomic mass is 10.1. The standard InChI is InChI=1S/C15H9N3O6.C12H15N3O6.CH5N/c19-14-12-3-1-2-4-13(12)15(20)16(14)8-9-5-10(17(21)22)7-11(6-9)18(23)24;1-12(2,3)21-11(16)13-7-8-4-9(14(17)18)6-10(5-8)15(19)20;1-2/h1-7H,8H2;4-6H,7H2,1-3H3,(H,13,16);2H2,1H3. The Kier molecular flexibility index (Phi) is 12.2. The van der Waals surface area contributed by atoms with Gasteiger partial charge in [-0.25, -0.2) is 4.79 Å². The van der Waals surface area contributed by atoms with E-state index in [1.807, 2.05) is 0 Å². The molecule has 0 saturated heterocycles. The van der Waals surface area contributed by atoms with Crippen LogP contribution >= 0.6 is 0 Å². The van der Waals surface area contributed by atoms with E-state index in [2.05, 4.69) is 11.1 Å². The Balaban J connectivity index is 0.000000314. The molecule has 1 aliphatic rings. The number of hydrogen-bond acceptors (Lipinski definition) is 13. The third-order valence-electron chi connectivity index (χ3n) is 5.82. The number of fused-ring (bicyclic) bond motifs is 1. The zero-order chi connectivity index (χ0) is 35.6. The van der Waals surface area contributed by atoms with Crippen LogP contribution in [0.4, 0.5) is 27.5 Å². The van der Waals surface area contributed by atoms with Crippen LogP contribution in [0.5, 0.6) is 0 Å². The highest BCUT2D eigenvalue weighted by Gasteiger charge is 2.35. The molecule has 4 rings (SSSR count). The third-order valence-corrected chi connectivity index (χ3v) is 5.82. The van der Waals surface area contributed by atoms with E-state index in [-0.39, 0.29) is 35.3 Å². The number of hydrogen-bond donors (Lipinski definition) is 2. The second kappa shape index (κ2) is 15.6. The molecule has 1 aliphatic heterocycles. The molecule has 0 radical (unpaired) electrons. The SMILES string of the molecule is CC(C)(C)OC(=O)NCc1cc([N+](=O)[O-])cc([N+](=O)[O-])c1.CN.O=C1c2ccccc2C(=O)N1Cc1cc([N+](=O)[O-])cc([N+](=O)[O-])c1. The van der Waals surface area contributed by atoms with Crippen molar-refractivity contribution in [1.82, 2.24) is 10.2 Å². The number of imide groups is 1. The van der Waals surface area contributed by atoms with Gasteiger partial charge in [-0.15, -0.1) is 0 Å². The summed E-state index contributed by atoms with van der Waals surface area (Å²) in [7, 11) is 1.50. The molecule has 19 heteroatoms. The van der Waals surface area contributed by atoms with Crippen LogP contribution in [0, 0.1) is 40.5 Å². The number of amides is 3. The first-order chi connectivity index (χ1) is 22.0. The number of carbonyl (C=O) groups is 3. The van der Waals surface area contributed by atoms with Crippen molar-refractivity contribution >= 4 is 40.7 Å². The Morgan fingerprint density at radius 2 is 1.09 bits per heavy atom. The Bertz CT molecular complexity index is 1640. The average molecular weight is 656 g/mol. The Morgan fingerprint density at radius 1 is 0.723 bits per heavy atom. The van der Waals surface area contributed by atoms with Gasteiger partial charge in [0.05, 0.1) is 49.5 Å². The highest BCUT2D eigenvalue weighted by molar-refractivity contribution is 6.21. The molecule has 1 heterocycles. The molecule has 0 atom stereocenters. The van der Waals surface area contributed by atoms with Crippen molar-refractivity contribution in [3.8, 4) is 0 Å². The molecule has 47 heavy (non-hydrogen) atoms. The molecule has 248 valence electrons. The van der Waals surface area contributed by atoms with Gasteiger partial charge in [0, 0.05) is 30.8 Å². The number of carbonyl (C=O) groups excluding carboxylic acids is 3. The molecule has 0 aromatic heterocycles. The zero-order valence-corrected chi connectivity index (χ0v) is 25.4. The first-order valence-electron chi connectivity index (χ1n) is 13.3. The topological polar surface area (TPSA) is 274 Å². The summed E-state index contributed by atoms with van der Waals surface area (Å²) >= 11 is 0. The van der Waals surface area contributed by atoms with Crippen LogP contribution in [0.1, 0.15) is 52.6 Å². The maximum absolute atomic E-state index is 12.3. The summed E-state index contributed by atoms with van der Waals surface area (Å²) < 4.78 is 5.00. The third kappa shape index (κ3) is 10.1. The largest absolute Gasteiger partial charge is 0.444 e. The van der Waals surface area contributed by atoms with E-state index in [1.165, 1.54) is 19.2 Å². The zero-order valence-electron chi connectivity index (χ0n) is 25.4. The molecule has 0 fully saturated rings. The summed E-state index contributed by atoms with van der Waals surface area (Å²) in [6.07, 6.45) is -0.711. The fraction of sp³-hybridized carbons (Fsp3) is 0.250. The van der Waals surface area contributed by atoms with Gasteiger partial charge in [0.1, 0.15) is 5.60 Å². The molecule has 0 bridgehead atoms. The predicted octanol–water partition coefficient (Wildman–Crippen LogP) is 4.40. The molecule has 3 amide bonds. The quantitative estimate of drug-likeness (QED) is 0.194. The van der Waals surface area contributed by atoms with Crippen LogP contribution < -0.4 is 11.1 Å². The van der Waals surface area contributed by atoms with E-state index in [0.29, 0.717) is 0 Å². The van der Waals surface area contributed by atoms with Crippen LogP contribution in [0.3, 0.4) is 0 Å². The van der Waals surface area contributed by atoms with Crippen molar-refractivity contribution in [2.45, 2.75) is 39.5 Å². The Hall–Kier alpha value is -6.37. The lowest BCUT2D eigenvalue weighted by Gasteiger charge is -2.19. The minimum absolute atomic E-state index is 0.114. The molecule has 0 spiro atoms. The maximum atomic E-state index is 12.3. The molecule has 19 nitrogen and oxygen atoms in total. The molecule has 3 aromatic rings. The van der Waals surface area contributed by atoms with Gasteiger partial charge >= 0.3 is 6.09 Å². The molecule has 0 saturated carbocycles. The van der Waals surface area contributed by atoms with Gasteiger partial charge in [0.25, 0.3) is 34.6 Å². The molecule has 3 aromatic carbocycles. The second-order valence-corrected chi connectivity index (χ2v) is 10.3. The number of ether oxygens (including phenoxy) is 1. The van der Waals surface area contributed by atoms with Gasteiger partial charge in [-0.1, -0.05) is 12.1 Å².